The molecule has 0 atom stereocenters. The van der Waals surface area contributed by atoms with Gasteiger partial charge in [-0.05, 0) is 0 Å². The van der Waals surface area contributed by atoms with Crippen LogP contribution in [0.25, 0.3) is 0 Å². The fraction of sp³-hybridized carbons (Fsp3) is 0.250. The Kier molecular flexibility index (Phi) is 3.11. The first-order chi connectivity index (χ1) is 7.29. The topological polar surface area (TPSA) is 49.9 Å². The Bertz CT molecular complexity index is 462. The zero-order valence-corrected chi connectivity index (χ0v) is 7.44. The van der Waals surface area contributed by atoms with Crippen molar-refractivity contribution in [3.05, 3.63) is 33.2 Å². The Hall–Kier alpha value is -1.73. The Labute approximate surface area is 84.9 Å². The maximum absolute atomic E-state index is 12.4. The number of aldehydes is 1. The normalized spacial score (nSPS) is 11.9. The highest BCUT2D eigenvalue weighted by atomic mass is 19.4. The monoisotopic (exact) mass is 241 g/mol. The van der Waals surface area contributed by atoms with E-state index in [9.17, 15) is 31.5 Å². The van der Waals surface area contributed by atoms with Crippen LogP contribution in [0.3, 0.4) is 0 Å². The summed E-state index contributed by atoms with van der Waals surface area (Å²) in [7, 11) is 0. The molecule has 0 saturated carbocycles. The van der Waals surface area contributed by atoms with Crippen LogP contribution in [0.4, 0.5) is 22.0 Å². The average molecular weight is 241 g/mol. The first-order valence-electron chi connectivity index (χ1n) is 3.85. The summed E-state index contributed by atoms with van der Waals surface area (Å²) in [6, 6.07) is 0. The molecule has 88 valence electrons. The number of rotatable bonds is 2. The molecule has 0 aliphatic rings. The Balaban J connectivity index is 3.65. The van der Waals surface area contributed by atoms with E-state index in [0.29, 0.717) is 0 Å². The van der Waals surface area contributed by atoms with Gasteiger partial charge in [0.05, 0.1) is 11.1 Å². The van der Waals surface area contributed by atoms with Gasteiger partial charge in [-0.15, -0.1) is 0 Å². The minimum atomic E-state index is -5.06. The van der Waals surface area contributed by atoms with E-state index >= 15 is 0 Å². The number of nitrogens with one attached hydrogen (secondary N) is 1. The summed E-state index contributed by atoms with van der Waals surface area (Å²) in [5, 5.41) is 0. The third kappa shape index (κ3) is 2.10. The lowest BCUT2D eigenvalue weighted by Crippen LogP contribution is -2.21. The van der Waals surface area contributed by atoms with E-state index in [1.807, 2.05) is 0 Å². The van der Waals surface area contributed by atoms with Crippen molar-refractivity contribution in [3.8, 4) is 0 Å². The molecule has 0 aliphatic carbocycles. The molecule has 16 heavy (non-hydrogen) atoms. The summed E-state index contributed by atoms with van der Waals surface area (Å²) in [4.78, 5) is 22.8. The van der Waals surface area contributed by atoms with Crippen LogP contribution in [0.5, 0.6) is 0 Å². The average Bonchev–Trinajstić information content (AvgIpc) is 2.14. The third-order valence-corrected chi connectivity index (χ3v) is 1.81. The van der Waals surface area contributed by atoms with Gasteiger partial charge in [0.1, 0.15) is 0 Å². The molecule has 1 rings (SSSR count). The van der Waals surface area contributed by atoms with Crippen molar-refractivity contribution in [2.75, 3.05) is 0 Å². The Morgan fingerprint density at radius 3 is 2.25 bits per heavy atom. The van der Waals surface area contributed by atoms with Gasteiger partial charge in [-0.1, -0.05) is 0 Å². The van der Waals surface area contributed by atoms with Crippen LogP contribution < -0.4 is 5.56 Å². The standard InChI is InChI=1S/C8H4F5NO2/c9-6(10)5-3(2-15)7(16)14-1-4(5)8(11,12)13/h1-2,6H,(H,14,16). The number of halogens is 5. The van der Waals surface area contributed by atoms with Crippen LogP contribution in [0, 0.1) is 0 Å². The lowest BCUT2D eigenvalue weighted by atomic mass is 10.1. The van der Waals surface area contributed by atoms with Crippen LogP contribution >= 0.6 is 0 Å². The van der Waals surface area contributed by atoms with Gasteiger partial charge in [0, 0.05) is 11.8 Å². The summed E-state index contributed by atoms with van der Waals surface area (Å²) in [6.45, 7) is 0. The largest absolute Gasteiger partial charge is 0.418 e. The molecule has 0 bridgehead atoms. The molecule has 0 unspecified atom stereocenters. The molecular weight excluding hydrogens is 237 g/mol. The minimum absolute atomic E-state index is 0.122. The van der Waals surface area contributed by atoms with E-state index in [4.69, 9.17) is 0 Å². The molecule has 0 amide bonds. The van der Waals surface area contributed by atoms with Crippen LogP contribution in [-0.4, -0.2) is 11.3 Å². The van der Waals surface area contributed by atoms with E-state index in [2.05, 4.69) is 0 Å². The van der Waals surface area contributed by atoms with Crippen molar-refractivity contribution >= 4 is 6.29 Å². The summed E-state index contributed by atoms with van der Waals surface area (Å²) in [5.41, 5.74) is -5.79. The number of aromatic nitrogens is 1. The van der Waals surface area contributed by atoms with Gasteiger partial charge < -0.3 is 4.98 Å². The maximum atomic E-state index is 12.4. The van der Waals surface area contributed by atoms with Crippen LogP contribution in [0.15, 0.2) is 11.0 Å². The zero-order chi connectivity index (χ0) is 12.5. The highest BCUT2D eigenvalue weighted by Crippen LogP contribution is 2.36. The summed E-state index contributed by atoms with van der Waals surface area (Å²) in [5.74, 6) is 0. The Morgan fingerprint density at radius 2 is 1.88 bits per heavy atom. The van der Waals surface area contributed by atoms with Crippen molar-refractivity contribution in [3.63, 3.8) is 0 Å². The molecule has 1 N–H and O–H groups in total. The Morgan fingerprint density at radius 1 is 1.31 bits per heavy atom. The second-order valence-electron chi connectivity index (χ2n) is 2.78. The lowest BCUT2D eigenvalue weighted by Gasteiger charge is -2.12. The van der Waals surface area contributed by atoms with E-state index in [-0.39, 0.29) is 12.5 Å². The number of H-pyrrole nitrogens is 1. The van der Waals surface area contributed by atoms with Gasteiger partial charge in [0.25, 0.3) is 12.0 Å². The van der Waals surface area contributed by atoms with Crippen molar-refractivity contribution in [2.24, 2.45) is 0 Å². The van der Waals surface area contributed by atoms with Gasteiger partial charge in [0.2, 0.25) is 0 Å². The van der Waals surface area contributed by atoms with Crippen molar-refractivity contribution < 1.29 is 26.7 Å². The molecule has 1 aromatic rings. The van der Waals surface area contributed by atoms with E-state index < -0.39 is 34.9 Å². The van der Waals surface area contributed by atoms with E-state index in [0.717, 1.165) is 0 Å². The van der Waals surface area contributed by atoms with Gasteiger partial charge in [-0.2, -0.15) is 13.2 Å². The van der Waals surface area contributed by atoms with E-state index in [1.165, 1.54) is 0 Å². The number of pyridine rings is 1. The van der Waals surface area contributed by atoms with Crippen LogP contribution in [0.1, 0.15) is 27.9 Å². The number of carbonyl (C=O) groups is 1. The molecule has 0 aromatic carbocycles. The highest BCUT2D eigenvalue weighted by Gasteiger charge is 2.38. The SMILES string of the molecule is O=Cc1c(C(F)F)c(C(F)(F)F)c[nH]c1=O. The van der Waals surface area contributed by atoms with E-state index in [1.54, 1.807) is 4.98 Å². The fourth-order valence-corrected chi connectivity index (χ4v) is 1.15. The van der Waals surface area contributed by atoms with Gasteiger partial charge in [-0.3, -0.25) is 9.59 Å². The molecular formula is C8H4F5NO2. The minimum Gasteiger partial charge on any atom is -0.328 e. The predicted octanol–water partition coefficient (Wildman–Crippen LogP) is 2.14. The first kappa shape index (κ1) is 12.3. The molecule has 1 aromatic heterocycles. The van der Waals surface area contributed by atoms with Gasteiger partial charge in [-0.25, -0.2) is 8.78 Å². The third-order valence-electron chi connectivity index (χ3n) is 1.81. The smallest absolute Gasteiger partial charge is 0.328 e. The van der Waals surface area contributed by atoms with Crippen molar-refractivity contribution in [1.82, 2.24) is 4.98 Å². The highest BCUT2D eigenvalue weighted by molar-refractivity contribution is 5.77. The predicted molar refractivity (Wildman–Crippen MR) is 42.4 cm³/mol. The molecule has 0 saturated heterocycles. The van der Waals surface area contributed by atoms with Crippen molar-refractivity contribution in [2.45, 2.75) is 12.6 Å². The molecule has 0 radical (unpaired) electrons. The maximum Gasteiger partial charge on any atom is 0.418 e. The van der Waals surface area contributed by atoms with Crippen molar-refractivity contribution in [1.29, 1.82) is 0 Å². The quantitative estimate of drug-likeness (QED) is 0.637. The molecule has 0 fully saturated rings. The van der Waals surface area contributed by atoms with Gasteiger partial charge in [0.15, 0.2) is 6.29 Å². The second-order valence-corrected chi connectivity index (χ2v) is 2.78. The lowest BCUT2D eigenvalue weighted by molar-refractivity contribution is -0.139. The molecule has 8 heteroatoms. The second kappa shape index (κ2) is 4.03. The summed E-state index contributed by atoms with van der Waals surface area (Å²) < 4.78 is 61.6. The number of hydrogen-bond donors (Lipinski definition) is 1. The molecule has 3 nitrogen and oxygen atoms in total. The number of hydrogen-bond acceptors (Lipinski definition) is 2. The number of carbonyl (C=O) groups excluding carboxylic acids is 1. The van der Waals surface area contributed by atoms with Crippen LogP contribution in [-0.2, 0) is 6.18 Å². The van der Waals surface area contributed by atoms with Gasteiger partial charge >= 0.3 is 6.18 Å². The molecule has 1 heterocycles. The summed E-state index contributed by atoms with van der Waals surface area (Å²) >= 11 is 0. The van der Waals surface area contributed by atoms with Crippen LogP contribution in [0.2, 0.25) is 0 Å². The molecule has 0 spiro atoms. The molecule has 0 aliphatic heterocycles. The number of alkyl halides is 5. The number of aromatic amines is 1. The summed E-state index contributed by atoms with van der Waals surface area (Å²) in [6.07, 6.45) is -8.82. The first-order valence-corrected chi connectivity index (χ1v) is 3.85. The zero-order valence-electron chi connectivity index (χ0n) is 7.44. The fourth-order valence-electron chi connectivity index (χ4n) is 1.15.